The molecular formula is C14H24N4O3. The van der Waals surface area contributed by atoms with Crippen LogP contribution in [-0.2, 0) is 9.53 Å². The summed E-state index contributed by atoms with van der Waals surface area (Å²) in [4.78, 5) is 25.8. The lowest BCUT2D eigenvalue weighted by Crippen LogP contribution is -2.50. The molecule has 0 spiro atoms. The minimum atomic E-state index is -0.359. The number of nitrogens with zero attached hydrogens (tertiary/aromatic N) is 1. The smallest absolute Gasteiger partial charge is 0.337 e. The summed E-state index contributed by atoms with van der Waals surface area (Å²) in [6, 6.07) is 0.197. The summed E-state index contributed by atoms with van der Waals surface area (Å²) in [7, 11) is 1.96. The first-order valence-corrected chi connectivity index (χ1v) is 7.47. The number of esters is 1. The van der Waals surface area contributed by atoms with Crippen molar-refractivity contribution >= 4 is 12.0 Å². The Morgan fingerprint density at radius 3 is 3.05 bits per heavy atom. The van der Waals surface area contributed by atoms with E-state index in [0.29, 0.717) is 30.5 Å². The molecule has 0 aromatic heterocycles. The van der Waals surface area contributed by atoms with Crippen LogP contribution in [-0.4, -0.2) is 62.8 Å². The Morgan fingerprint density at radius 1 is 1.52 bits per heavy atom. The van der Waals surface area contributed by atoms with Crippen LogP contribution in [0.1, 0.15) is 19.8 Å². The lowest BCUT2D eigenvalue weighted by atomic mass is 10.0. The van der Waals surface area contributed by atoms with Crippen molar-refractivity contribution in [3.8, 4) is 0 Å². The number of carbonyl (C=O) groups excluding carboxylic acids is 2. The highest BCUT2D eigenvalue weighted by atomic mass is 16.5. The zero-order valence-corrected chi connectivity index (χ0v) is 12.7. The van der Waals surface area contributed by atoms with Gasteiger partial charge in [0.05, 0.1) is 18.7 Å². The van der Waals surface area contributed by atoms with E-state index >= 15 is 0 Å². The standard InChI is InChI=1S/C14H24N4O3/c1-3-21-13(19)11-7-16-14(20)17-12(11)9-18-6-4-5-10(8-18)15-2/h10,15H,3-9H2,1-2H3,(H2,16,17,20). The Balaban J connectivity index is 2.08. The Labute approximate surface area is 125 Å². The zero-order chi connectivity index (χ0) is 15.2. The molecule has 1 saturated heterocycles. The molecule has 7 nitrogen and oxygen atoms in total. The van der Waals surface area contributed by atoms with E-state index in [1.54, 1.807) is 6.92 Å². The van der Waals surface area contributed by atoms with E-state index < -0.39 is 0 Å². The van der Waals surface area contributed by atoms with Gasteiger partial charge in [0.25, 0.3) is 0 Å². The first kappa shape index (κ1) is 15.8. The van der Waals surface area contributed by atoms with Crippen molar-refractivity contribution in [2.75, 3.05) is 39.8 Å². The zero-order valence-electron chi connectivity index (χ0n) is 12.7. The van der Waals surface area contributed by atoms with E-state index in [1.165, 1.54) is 0 Å². The van der Waals surface area contributed by atoms with Gasteiger partial charge in [-0.3, -0.25) is 4.90 Å². The molecule has 1 atom stereocenters. The van der Waals surface area contributed by atoms with Gasteiger partial charge in [-0.1, -0.05) is 0 Å². The summed E-state index contributed by atoms with van der Waals surface area (Å²) in [6.07, 6.45) is 2.27. The molecule has 2 rings (SSSR count). The number of likely N-dealkylation sites (tertiary alicyclic amines) is 1. The summed E-state index contributed by atoms with van der Waals surface area (Å²) in [5.74, 6) is -0.359. The number of ether oxygens (including phenoxy) is 1. The van der Waals surface area contributed by atoms with Crippen molar-refractivity contribution in [1.29, 1.82) is 0 Å². The number of piperidine rings is 1. The summed E-state index contributed by atoms with van der Waals surface area (Å²) in [5.41, 5.74) is 1.18. The minimum absolute atomic E-state index is 0.225. The van der Waals surface area contributed by atoms with Crippen molar-refractivity contribution in [1.82, 2.24) is 20.9 Å². The maximum absolute atomic E-state index is 12.0. The molecule has 2 aliphatic rings. The van der Waals surface area contributed by atoms with Crippen molar-refractivity contribution in [2.24, 2.45) is 0 Å². The van der Waals surface area contributed by atoms with Gasteiger partial charge >= 0.3 is 12.0 Å². The van der Waals surface area contributed by atoms with E-state index in [-0.39, 0.29) is 18.5 Å². The monoisotopic (exact) mass is 296 g/mol. The molecule has 0 bridgehead atoms. The molecule has 0 aromatic rings. The van der Waals surface area contributed by atoms with Crippen LogP contribution in [0.4, 0.5) is 4.79 Å². The van der Waals surface area contributed by atoms with E-state index in [4.69, 9.17) is 4.74 Å². The van der Waals surface area contributed by atoms with Crippen LogP contribution in [0.5, 0.6) is 0 Å². The molecule has 7 heteroatoms. The van der Waals surface area contributed by atoms with Gasteiger partial charge in [-0.2, -0.15) is 0 Å². The lowest BCUT2D eigenvalue weighted by Gasteiger charge is -2.34. The second-order valence-corrected chi connectivity index (χ2v) is 5.35. The van der Waals surface area contributed by atoms with Crippen molar-refractivity contribution in [3.63, 3.8) is 0 Å². The van der Waals surface area contributed by atoms with E-state index in [0.717, 1.165) is 25.9 Å². The molecule has 0 aliphatic carbocycles. The van der Waals surface area contributed by atoms with Gasteiger partial charge in [-0.05, 0) is 33.4 Å². The third-order valence-electron chi connectivity index (χ3n) is 3.87. The number of carbonyl (C=O) groups is 2. The van der Waals surface area contributed by atoms with Crippen molar-refractivity contribution < 1.29 is 14.3 Å². The fourth-order valence-corrected chi connectivity index (χ4v) is 2.74. The number of hydrogen-bond acceptors (Lipinski definition) is 5. The number of amides is 2. The highest BCUT2D eigenvalue weighted by Gasteiger charge is 2.26. The minimum Gasteiger partial charge on any atom is -0.463 e. The van der Waals surface area contributed by atoms with Crippen LogP contribution in [0.15, 0.2) is 11.3 Å². The second kappa shape index (κ2) is 7.42. The van der Waals surface area contributed by atoms with Gasteiger partial charge in [0.2, 0.25) is 0 Å². The number of nitrogens with one attached hydrogen (secondary N) is 3. The summed E-state index contributed by atoms with van der Waals surface area (Å²) in [5, 5.41) is 8.66. The van der Waals surface area contributed by atoms with Crippen LogP contribution >= 0.6 is 0 Å². The lowest BCUT2D eigenvalue weighted by molar-refractivity contribution is -0.138. The molecule has 0 radical (unpaired) electrons. The summed E-state index contributed by atoms with van der Waals surface area (Å²) < 4.78 is 5.06. The molecule has 21 heavy (non-hydrogen) atoms. The fourth-order valence-electron chi connectivity index (χ4n) is 2.74. The van der Waals surface area contributed by atoms with Crippen LogP contribution in [0, 0.1) is 0 Å². The Morgan fingerprint density at radius 2 is 2.33 bits per heavy atom. The van der Waals surface area contributed by atoms with Crippen LogP contribution in [0.2, 0.25) is 0 Å². The van der Waals surface area contributed by atoms with Crippen LogP contribution in [0.3, 0.4) is 0 Å². The normalized spacial score (nSPS) is 23.5. The van der Waals surface area contributed by atoms with Gasteiger partial charge in [0.15, 0.2) is 0 Å². The SMILES string of the molecule is CCOC(=O)C1=C(CN2CCCC(NC)C2)NC(=O)NC1. The molecule has 1 fully saturated rings. The molecule has 2 heterocycles. The quantitative estimate of drug-likeness (QED) is 0.612. The predicted octanol–water partition coefficient (Wildman–Crippen LogP) is -0.200. The van der Waals surface area contributed by atoms with Gasteiger partial charge < -0.3 is 20.7 Å². The number of rotatable bonds is 5. The van der Waals surface area contributed by atoms with Crippen molar-refractivity contribution in [2.45, 2.75) is 25.8 Å². The fraction of sp³-hybridized carbons (Fsp3) is 0.714. The van der Waals surface area contributed by atoms with E-state index in [2.05, 4.69) is 20.9 Å². The maximum Gasteiger partial charge on any atom is 0.337 e. The molecule has 2 aliphatic heterocycles. The first-order valence-electron chi connectivity index (χ1n) is 7.47. The highest BCUT2D eigenvalue weighted by molar-refractivity contribution is 5.93. The highest BCUT2D eigenvalue weighted by Crippen LogP contribution is 2.14. The Bertz CT molecular complexity index is 436. The molecule has 3 N–H and O–H groups in total. The largest absolute Gasteiger partial charge is 0.463 e. The first-order chi connectivity index (χ1) is 10.1. The molecule has 118 valence electrons. The van der Waals surface area contributed by atoms with Crippen LogP contribution in [0.25, 0.3) is 0 Å². The van der Waals surface area contributed by atoms with Crippen LogP contribution < -0.4 is 16.0 Å². The average Bonchev–Trinajstić information content (AvgIpc) is 2.48. The molecule has 2 amide bonds. The van der Waals surface area contributed by atoms with Gasteiger partial charge in [-0.25, -0.2) is 9.59 Å². The Hall–Kier alpha value is -1.60. The Kier molecular flexibility index (Phi) is 5.58. The maximum atomic E-state index is 12.0. The predicted molar refractivity (Wildman–Crippen MR) is 78.7 cm³/mol. The topological polar surface area (TPSA) is 82.7 Å². The van der Waals surface area contributed by atoms with Gasteiger partial charge in [0, 0.05) is 24.8 Å². The van der Waals surface area contributed by atoms with Gasteiger partial charge in [0.1, 0.15) is 0 Å². The number of urea groups is 1. The number of hydrogen-bond donors (Lipinski definition) is 3. The summed E-state index contributed by atoms with van der Waals surface area (Å²) >= 11 is 0. The molecule has 0 saturated carbocycles. The van der Waals surface area contributed by atoms with E-state index in [9.17, 15) is 9.59 Å². The molecule has 1 unspecified atom stereocenters. The molecular weight excluding hydrogens is 272 g/mol. The number of likely N-dealkylation sites (N-methyl/N-ethyl adjacent to an activating group) is 1. The average molecular weight is 296 g/mol. The third kappa shape index (κ3) is 4.18. The van der Waals surface area contributed by atoms with Crippen molar-refractivity contribution in [3.05, 3.63) is 11.3 Å². The van der Waals surface area contributed by atoms with E-state index in [1.807, 2.05) is 7.05 Å². The molecule has 0 aromatic carbocycles. The second-order valence-electron chi connectivity index (χ2n) is 5.35. The van der Waals surface area contributed by atoms with Gasteiger partial charge in [-0.15, -0.1) is 0 Å². The summed E-state index contributed by atoms with van der Waals surface area (Å²) in [6.45, 7) is 4.79. The third-order valence-corrected chi connectivity index (χ3v) is 3.87.